The van der Waals surface area contributed by atoms with E-state index >= 15 is 0 Å². The normalized spacial score (nSPS) is 13.3. The third-order valence-corrected chi connectivity index (χ3v) is 11.0. The van der Waals surface area contributed by atoms with Crippen molar-refractivity contribution in [3.63, 3.8) is 0 Å². The van der Waals surface area contributed by atoms with Crippen molar-refractivity contribution < 1.29 is 15.0 Å². The third-order valence-electron chi connectivity index (χ3n) is 11.0. The summed E-state index contributed by atoms with van der Waals surface area (Å²) in [6.45, 7) is 4.25. The van der Waals surface area contributed by atoms with Crippen LogP contribution in [0.1, 0.15) is 251 Å². The number of nitrogens with one attached hydrogen (secondary N) is 1. The van der Waals surface area contributed by atoms with Crippen LogP contribution in [0.25, 0.3) is 0 Å². The lowest BCUT2D eigenvalue weighted by atomic mass is 10.0. The molecule has 2 unspecified atom stereocenters. The predicted molar refractivity (Wildman–Crippen MR) is 244 cm³/mol. The Bertz CT molecular complexity index is 877. The molecule has 0 aromatic carbocycles. The van der Waals surface area contributed by atoms with E-state index in [1.54, 1.807) is 6.08 Å². The maximum Gasteiger partial charge on any atom is 0.220 e. The standard InChI is InChI=1S/C51H95NO3/c1-3-5-7-9-11-13-15-16-17-18-19-20-21-22-23-24-25-26-27-28-29-30-31-32-33-34-35-36-37-39-41-43-45-47-51(55)52-49(48-53)50(54)46-44-42-40-38-14-12-10-8-6-4-2/h14-16,18-19,38,44,46,49-50,53-54H,3-13,17,20-37,39-43,45,47-48H2,1-2H3,(H,52,55)/b16-15-,19-18-,38-14+,46-44+. The topological polar surface area (TPSA) is 69.6 Å². The maximum atomic E-state index is 12.4. The molecule has 0 radical (unpaired) electrons. The van der Waals surface area contributed by atoms with Crippen LogP contribution in [0.3, 0.4) is 0 Å². The molecule has 4 heteroatoms. The zero-order valence-corrected chi connectivity index (χ0v) is 36.9. The minimum Gasteiger partial charge on any atom is -0.394 e. The number of rotatable bonds is 44. The largest absolute Gasteiger partial charge is 0.394 e. The molecular weight excluding hydrogens is 675 g/mol. The Kier molecular flexibility index (Phi) is 45.3. The van der Waals surface area contributed by atoms with Gasteiger partial charge in [0.05, 0.1) is 18.8 Å². The van der Waals surface area contributed by atoms with E-state index in [-0.39, 0.29) is 12.5 Å². The van der Waals surface area contributed by atoms with Crippen LogP contribution in [-0.4, -0.2) is 34.9 Å². The first-order valence-electron chi connectivity index (χ1n) is 24.4. The molecule has 0 spiro atoms. The zero-order chi connectivity index (χ0) is 40.0. The molecule has 0 aromatic rings. The fraction of sp³-hybridized carbons (Fsp3) is 0.824. The van der Waals surface area contributed by atoms with E-state index in [2.05, 4.69) is 55.6 Å². The molecule has 0 saturated heterocycles. The fourth-order valence-electron chi connectivity index (χ4n) is 7.28. The lowest BCUT2D eigenvalue weighted by molar-refractivity contribution is -0.123. The van der Waals surface area contributed by atoms with Gasteiger partial charge in [-0.05, 0) is 64.2 Å². The second kappa shape index (κ2) is 46.7. The summed E-state index contributed by atoms with van der Waals surface area (Å²) in [5.74, 6) is -0.0738. The Morgan fingerprint density at radius 3 is 1.18 bits per heavy atom. The van der Waals surface area contributed by atoms with Crippen LogP contribution in [0.4, 0.5) is 0 Å². The first-order chi connectivity index (χ1) is 27.2. The number of aliphatic hydroxyl groups is 2. The van der Waals surface area contributed by atoms with Crippen LogP contribution in [0.15, 0.2) is 48.6 Å². The van der Waals surface area contributed by atoms with Gasteiger partial charge in [0.2, 0.25) is 5.91 Å². The van der Waals surface area contributed by atoms with Crippen LogP contribution >= 0.6 is 0 Å². The molecule has 4 nitrogen and oxygen atoms in total. The highest BCUT2D eigenvalue weighted by Gasteiger charge is 2.17. The van der Waals surface area contributed by atoms with Gasteiger partial charge in [0.1, 0.15) is 0 Å². The molecule has 0 rings (SSSR count). The first-order valence-corrected chi connectivity index (χ1v) is 24.4. The van der Waals surface area contributed by atoms with Crippen LogP contribution in [0.5, 0.6) is 0 Å². The first kappa shape index (κ1) is 53.4. The van der Waals surface area contributed by atoms with Crippen molar-refractivity contribution in [2.75, 3.05) is 6.61 Å². The van der Waals surface area contributed by atoms with Crippen molar-refractivity contribution in [3.8, 4) is 0 Å². The summed E-state index contributed by atoms with van der Waals surface area (Å²) in [6.07, 6.45) is 64.0. The van der Waals surface area contributed by atoms with Crippen molar-refractivity contribution in [1.29, 1.82) is 0 Å². The van der Waals surface area contributed by atoms with Crippen LogP contribution in [0.2, 0.25) is 0 Å². The van der Waals surface area contributed by atoms with Gasteiger partial charge < -0.3 is 15.5 Å². The zero-order valence-electron chi connectivity index (χ0n) is 36.9. The van der Waals surface area contributed by atoms with Gasteiger partial charge in [0.25, 0.3) is 0 Å². The number of carbonyl (C=O) groups is 1. The SMILES string of the molecule is CCCCCC/C=C/CC/C=C/C(O)C(CO)NC(=O)CCCCCCCCCCCCCCCCCCCCCCC/C=C\C/C=C\CCCCCCC. The molecular formula is C51H95NO3. The minimum atomic E-state index is -0.859. The van der Waals surface area contributed by atoms with E-state index in [9.17, 15) is 15.0 Å². The number of aliphatic hydroxyl groups excluding tert-OH is 2. The lowest BCUT2D eigenvalue weighted by Crippen LogP contribution is -2.45. The maximum absolute atomic E-state index is 12.4. The Balaban J connectivity index is 3.42. The Morgan fingerprint density at radius 2 is 0.764 bits per heavy atom. The Hall–Kier alpha value is -1.65. The summed E-state index contributed by atoms with van der Waals surface area (Å²) < 4.78 is 0. The number of allylic oxidation sites excluding steroid dienone is 7. The van der Waals surface area contributed by atoms with Crippen molar-refractivity contribution in [3.05, 3.63) is 48.6 Å². The number of carbonyl (C=O) groups excluding carboxylic acids is 1. The van der Waals surface area contributed by atoms with Crippen LogP contribution < -0.4 is 5.32 Å². The predicted octanol–water partition coefficient (Wildman–Crippen LogP) is 15.5. The molecule has 55 heavy (non-hydrogen) atoms. The van der Waals surface area contributed by atoms with E-state index in [4.69, 9.17) is 0 Å². The summed E-state index contributed by atoms with van der Waals surface area (Å²) in [7, 11) is 0. The molecule has 2 atom stereocenters. The highest BCUT2D eigenvalue weighted by Crippen LogP contribution is 2.16. The summed E-state index contributed by atoms with van der Waals surface area (Å²) in [5.41, 5.74) is 0. The highest BCUT2D eigenvalue weighted by atomic mass is 16.3. The molecule has 0 bridgehead atoms. The van der Waals surface area contributed by atoms with Gasteiger partial charge in [-0.3, -0.25) is 4.79 Å². The molecule has 0 aliphatic carbocycles. The van der Waals surface area contributed by atoms with Crippen molar-refractivity contribution in [1.82, 2.24) is 5.32 Å². The molecule has 0 saturated carbocycles. The average molecular weight is 770 g/mol. The monoisotopic (exact) mass is 770 g/mol. The molecule has 0 heterocycles. The molecule has 1 amide bonds. The summed E-state index contributed by atoms with van der Waals surface area (Å²) >= 11 is 0. The number of hydrogen-bond donors (Lipinski definition) is 3. The quantitative estimate of drug-likeness (QED) is 0.0427. The van der Waals surface area contributed by atoms with E-state index in [1.807, 2.05) is 6.08 Å². The van der Waals surface area contributed by atoms with Crippen LogP contribution in [0, 0.1) is 0 Å². The molecule has 0 aromatic heterocycles. The number of hydrogen-bond acceptors (Lipinski definition) is 3. The van der Waals surface area contributed by atoms with Crippen LogP contribution in [-0.2, 0) is 4.79 Å². The fourth-order valence-corrected chi connectivity index (χ4v) is 7.28. The van der Waals surface area contributed by atoms with Gasteiger partial charge in [0.15, 0.2) is 0 Å². The average Bonchev–Trinajstić information content (AvgIpc) is 3.19. The molecule has 322 valence electrons. The molecule has 0 fully saturated rings. The third kappa shape index (κ3) is 43.3. The summed E-state index contributed by atoms with van der Waals surface area (Å²) in [6, 6.07) is -0.636. The van der Waals surface area contributed by atoms with E-state index in [0.717, 1.165) is 38.5 Å². The van der Waals surface area contributed by atoms with Gasteiger partial charge >= 0.3 is 0 Å². The lowest BCUT2D eigenvalue weighted by Gasteiger charge is -2.19. The molecule has 3 N–H and O–H groups in total. The van der Waals surface area contributed by atoms with Crippen molar-refractivity contribution >= 4 is 5.91 Å². The number of amides is 1. The van der Waals surface area contributed by atoms with Gasteiger partial charge in [0, 0.05) is 6.42 Å². The second-order valence-electron chi connectivity index (χ2n) is 16.5. The van der Waals surface area contributed by atoms with E-state index < -0.39 is 12.1 Å². The second-order valence-corrected chi connectivity index (χ2v) is 16.5. The van der Waals surface area contributed by atoms with Gasteiger partial charge in [-0.2, -0.15) is 0 Å². The van der Waals surface area contributed by atoms with Gasteiger partial charge in [-0.25, -0.2) is 0 Å². The van der Waals surface area contributed by atoms with E-state index in [0.29, 0.717) is 6.42 Å². The molecule has 0 aliphatic heterocycles. The van der Waals surface area contributed by atoms with Crippen molar-refractivity contribution in [2.45, 2.75) is 264 Å². The Morgan fingerprint density at radius 1 is 0.436 bits per heavy atom. The smallest absolute Gasteiger partial charge is 0.220 e. The minimum absolute atomic E-state index is 0.0738. The van der Waals surface area contributed by atoms with Gasteiger partial charge in [-0.1, -0.05) is 229 Å². The van der Waals surface area contributed by atoms with E-state index in [1.165, 1.54) is 193 Å². The van der Waals surface area contributed by atoms with Gasteiger partial charge in [-0.15, -0.1) is 0 Å². The molecule has 0 aliphatic rings. The van der Waals surface area contributed by atoms with Crippen molar-refractivity contribution in [2.24, 2.45) is 0 Å². The number of unbranched alkanes of at least 4 members (excludes halogenated alkanes) is 31. The highest BCUT2D eigenvalue weighted by molar-refractivity contribution is 5.76. The summed E-state index contributed by atoms with van der Waals surface area (Å²) in [5, 5.41) is 22.9. The Labute approximate surface area is 344 Å². The summed E-state index contributed by atoms with van der Waals surface area (Å²) in [4.78, 5) is 12.4.